The van der Waals surface area contributed by atoms with Gasteiger partial charge < -0.3 is 15.3 Å². The van der Waals surface area contributed by atoms with Crippen molar-refractivity contribution in [3.8, 4) is 5.75 Å². The molecule has 0 aliphatic carbocycles. The monoisotopic (exact) mass is 357 g/mol. The molecule has 1 saturated heterocycles. The van der Waals surface area contributed by atoms with Gasteiger partial charge >= 0.3 is 0 Å². The maximum atomic E-state index is 12.9. The predicted octanol–water partition coefficient (Wildman–Crippen LogP) is 2.36. The number of carbonyl (C=O) groups excluding carboxylic acids is 1. The van der Waals surface area contributed by atoms with Crippen LogP contribution in [0.4, 0.5) is 10.1 Å². The lowest BCUT2D eigenvalue weighted by molar-refractivity contribution is -0.126. The van der Waals surface area contributed by atoms with E-state index in [0.29, 0.717) is 6.54 Å². The van der Waals surface area contributed by atoms with Crippen molar-refractivity contribution in [1.82, 2.24) is 10.2 Å². The summed E-state index contributed by atoms with van der Waals surface area (Å²) in [7, 11) is 0. The van der Waals surface area contributed by atoms with Gasteiger partial charge in [-0.1, -0.05) is 12.1 Å². The largest absolute Gasteiger partial charge is 0.508 e. The molecule has 1 atom stereocenters. The number of rotatable bonds is 5. The maximum Gasteiger partial charge on any atom is 0.237 e. The average molecular weight is 357 g/mol. The molecule has 0 unspecified atom stereocenters. The fraction of sp³-hybridized carbons (Fsp3) is 0.350. The van der Waals surface area contributed by atoms with Gasteiger partial charge in [0.15, 0.2) is 0 Å². The molecule has 0 spiro atoms. The number of hydrogen-bond donors (Lipinski definition) is 2. The van der Waals surface area contributed by atoms with Crippen molar-refractivity contribution in [1.29, 1.82) is 0 Å². The summed E-state index contributed by atoms with van der Waals surface area (Å²) in [6, 6.07) is 13.1. The Bertz CT molecular complexity index is 726. The molecule has 5 nitrogen and oxygen atoms in total. The average Bonchev–Trinajstić information content (AvgIpc) is 2.67. The molecule has 0 aromatic heterocycles. The molecular formula is C20H24FN3O2. The van der Waals surface area contributed by atoms with Crippen LogP contribution in [0.3, 0.4) is 0 Å². The van der Waals surface area contributed by atoms with Crippen LogP contribution >= 0.6 is 0 Å². The van der Waals surface area contributed by atoms with E-state index in [1.54, 1.807) is 24.3 Å². The van der Waals surface area contributed by atoms with Crippen molar-refractivity contribution >= 4 is 11.6 Å². The van der Waals surface area contributed by atoms with E-state index in [-0.39, 0.29) is 23.5 Å². The summed E-state index contributed by atoms with van der Waals surface area (Å²) >= 11 is 0. The van der Waals surface area contributed by atoms with Crippen LogP contribution in [0.25, 0.3) is 0 Å². The van der Waals surface area contributed by atoms with Crippen LogP contribution in [0.2, 0.25) is 0 Å². The minimum absolute atomic E-state index is 0.0209. The fourth-order valence-corrected chi connectivity index (χ4v) is 3.14. The number of aromatic hydroxyl groups is 1. The number of anilines is 1. The Morgan fingerprint density at radius 2 is 1.69 bits per heavy atom. The Morgan fingerprint density at radius 3 is 2.31 bits per heavy atom. The molecule has 138 valence electrons. The molecule has 1 amide bonds. The summed E-state index contributed by atoms with van der Waals surface area (Å²) in [5.74, 6) is -0.0359. The standard InChI is InChI=1S/C20H24FN3O2/c1-15(20(26)22-14-16-2-4-17(21)5-3-16)23-10-12-24(13-11-23)18-6-8-19(25)9-7-18/h2-9,15,25H,10-14H2,1H3,(H,22,26)/t15-/m1/s1. The van der Waals surface area contributed by atoms with Gasteiger partial charge in [-0.25, -0.2) is 4.39 Å². The van der Waals surface area contributed by atoms with Gasteiger partial charge in [-0.05, 0) is 48.9 Å². The minimum atomic E-state index is -0.278. The summed E-state index contributed by atoms with van der Waals surface area (Å²) in [5, 5.41) is 12.3. The number of piperazine rings is 1. The van der Waals surface area contributed by atoms with Crippen molar-refractivity contribution in [2.24, 2.45) is 0 Å². The molecule has 3 rings (SSSR count). The second kappa shape index (κ2) is 8.19. The highest BCUT2D eigenvalue weighted by molar-refractivity contribution is 5.81. The van der Waals surface area contributed by atoms with Gasteiger partial charge in [-0.2, -0.15) is 0 Å². The smallest absolute Gasteiger partial charge is 0.237 e. The van der Waals surface area contributed by atoms with Crippen LogP contribution in [0.1, 0.15) is 12.5 Å². The zero-order chi connectivity index (χ0) is 18.5. The van der Waals surface area contributed by atoms with Crippen LogP contribution in [-0.4, -0.2) is 48.1 Å². The third-order valence-corrected chi connectivity index (χ3v) is 4.84. The van der Waals surface area contributed by atoms with Crippen LogP contribution in [-0.2, 0) is 11.3 Å². The lowest BCUT2D eigenvalue weighted by Crippen LogP contribution is -2.53. The van der Waals surface area contributed by atoms with E-state index in [9.17, 15) is 14.3 Å². The summed E-state index contributed by atoms with van der Waals surface area (Å²) in [6.45, 7) is 5.58. The first-order valence-electron chi connectivity index (χ1n) is 8.83. The fourth-order valence-electron chi connectivity index (χ4n) is 3.14. The highest BCUT2D eigenvalue weighted by atomic mass is 19.1. The van der Waals surface area contributed by atoms with Gasteiger partial charge in [0.1, 0.15) is 11.6 Å². The van der Waals surface area contributed by atoms with Crippen LogP contribution < -0.4 is 10.2 Å². The quantitative estimate of drug-likeness (QED) is 0.863. The summed E-state index contributed by atoms with van der Waals surface area (Å²) in [4.78, 5) is 16.8. The first kappa shape index (κ1) is 18.2. The molecule has 0 saturated carbocycles. The first-order chi connectivity index (χ1) is 12.5. The topological polar surface area (TPSA) is 55.8 Å². The molecule has 2 aromatic rings. The van der Waals surface area contributed by atoms with E-state index >= 15 is 0 Å². The van der Waals surface area contributed by atoms with Crippen molar-refractivity contribution < 1.29 is 14.3 Å². The van der Waals surface area contributed by atoms with Gasteiger partial charge in [-0.3, -0.25) is 9.69 Å². The molecule has 2 N–H and O–H groups in total. The number of phenolic OH excluding ortho intramolecular Hbond substituents is 1. The van der Waals surface area contributed by atoms with E-state index < -0.39 is 0 Å². The highest BCUT2D eigenvalue weighted by Gasteiger charge is 2.25. The highest BCUT2D eigenvalue weighted by Crippen LogP contribution is 2.20. The number of hydrogen-bond acceptors (Lipinski definition) is 4. The number of halogens is 1. The van der Waals surface area contributed by atoms with E-state index in [1.807, 2.05) is 19.1 Å². The summed E-state index contributed by atoms with van der Waals surface area (Å²) < 4.78 is 12.9. The van der Waals surface area contributed by atoms with Gasteiger partial charge in [0.2, 0.25) is 5.91 Å². The van der Waals surface area contributed by atoms with E-state index in [2.05, 4.69) is 15.1 Å². The van der Waals surface area contributed by atoms with E-state index in [4.69, 9.17) is 0 Å². The Morgan fingerprint density at radius 1 is 1.08 bits per heavy atom. The molecule has 1 aliphatic heterocycles. The SMILES string of the molecule is C[C@H](C(=O)NCc1ccc(F)cc1)N1CCN(c2ccc(O)cc2)CC1. The van der Waals surface area contributed by atoms with Crippen molar-refractivity contribution in [2.75, 3.05) is 31.1 Å². The third kappa shape index (κ3) is 4.52. The third-order valence-electron chi connectivity index (χ3n) is 4.84. The zero-order valence-corrected chi connectivity index (χ0v) is 14.9. The summed E-state index contributed by atoms with van der Waals surface area (Å²) in [5.41, 5.74) is 1.96. The van der Waals surface area contributed by atoms with Crippen molar-refractivity contribution in [3.05, 3.63) is 59.9 Å². The number of nitrogens with one attached hydrogen (secondary N) is 1. The molecule has 6 heteroatoms. The molecule has 0 radical (unpaired) electrons. The first-order valence-corrected chi connectivity index (χ1v) is 8.83. The Kier molecular flexibility index (Phi) is 5.73. The van der Waals surface area contributed by atoms with Crippen LogP contribution in [0, 0.1) is 5.82 Å². The second-order valence-corrected chi connectivity index (χ2v) is 6.56. The lowest BCUT2D eigenvalue weighted by Gasteiger charge is -2.38. The molecule has 1 heterocycles. The van der Waals surface area contributed by atoms with Gasteiger partial charge in [0.25, 0.3) is 0 Å². The second-order valence-electron chi connectivity index (χ2n) is 6.56. The zero-order valence-electron chi connectivity index (χ0n) is 14.9. The minimum Gasteiger partial charge on any atom is -0.508 e. The van der Waals surface area contributed by atoms with E-state index in [0.717, 1.165) is 37.4 Å². The maximum absolute atomic E-state index is 12.9. The normalized spacial score (nSPS) is 16.3. The Hall–Kier alpha value is -2.60. The lowest BCUT2D eigenvalue weighted by atomic mass is 10.1. The van der Waals surface area contributed by atoms with Crippen molar-refractivity contribution in [2.45, 2.75) is 19.5 Å². The van der Waals surface area contributed by atoms with Gasteiger partial charge in [0, 0.05) is 38.4 Å². The molecule has 1 aliphatic rings. The van der Waals surface area contributed by atoms with Gasteiger partial charge in [0.05, 0.1) is 6.04 Å². The molecular weight excluding hydrogens is 333 g/mol. The van der Waals surface area contributed by atoms with Crippen LogP contribution in [0.15, 0.2) is 48.5 Å². The summed E-state index contributed by atoms with van der Waals surface area (Å²) in [6.07, 6.45) is 0. The number of amides is 1. The predicted molar refractivity (Wildman–Crippen MR) is 99.6 cm³/mol. The Balaban J connectivity index is 1.48. The molecule has 26 heavy (non-hydrogen) atoms. The number of phenols is 1. The van der Waals surface area contributed by atoms with Gasteiger partial charge in [-0.15, -0.1) is 0 Å². The molecule has 1 fully saturated rings. The number of carbonyl (C=O) groups is 1. The number of benzene rings is 2. The Labute approximate surface area is 153 Å². The number of nitrogens with zero attached hydrogens (tertiary/aromatic N) is 2. The molecule has 2 aromatic carbocycles. The van der Waals surface area contributed by atoms with E-state index in [1.165, 1.54) is 12.1 Å². The van der Waals surface area contributed by atoms with Crippen LogP contribution in [0.5, 0.6) is 5.75 Å². The van der Waals surface area contributed by atoms with Crippen molar-refractivity contribution in [3.63, 3.8) is 0 Å². The molecule has 0 bridgehead atoms.